The summed E-state index contributed by atoms with van der Waals surface area (Å²) in [7, 11) is -3.58. The number of carbonyl (C=O) groups is 1. The van der Waals surface area contributed by atoms with Gasteiger partial charge in [0.2, 0.25) is 15.9 Å². The Morgan fingerprint density at radius 3 is 2.26 bits per heavy atom. The van der Waals surface area contributed by atoms with Gasteiger partial charge in [-0.05, 0) is 44.5 Å². The quantitative estimate of drug-likeness (QED) is 0.703. The molecule has 0 aliphatic heterocycles. The molecule has 2 aromatic rings. The number of anilines is 1. The predicted molar refractivity (Wildman–Crippen MR) is 108 cm³/mol. The van der Waals surface area contributed by atoms with Gasteiger partial charge >= 0.3 is 0 Å². The highest BCUT2D eigenvalue weighted by Gasteiger charge is 2.22. The summed E-state index contributed by atoms with van der Waals surface area (Å²) in [6, 6.07) is 13.1. The molecule has 7 heteroatoms. The van der Waals surface area contributed by atoms with Crippen LogP contribution in [0.3, 0.4) is 0 Å². The third-order valence-electron chi connectivity index (χ3n) is 4.02. The first-order chi connectivity index (χ1) is 12.7. The van der Waals surface area contributed by atoms with Gasteiger partial charge in [-0.15, -0.1) is 0 Å². The Bertz CT molecular complexity index is 893. The van der Waals surface area contributed by atoms with Crippen LogP contribution in [0.1, 0.15) is 16.7 Å². The number of ether oxygens (including phenoxy) is 1. The molecule has 0 atom stereocenters. The Morgan fingerprint density at radius 1 is 1.04 bits per heavy atom. The first-order valence-electron chi connectivity index (χ1n) is 8.68. The SMILES string of the molecule is Cc1ccc(OCCNC(=O)CN(c2ccc(C)cc2C)S(C)(=O)=O)cc1. The van der Waals surface area contributed by atoms with E-state index in [0.717, 1.165) is 33.0 Å². The summed E-state index contributed by atoms with van der Waals surface area (Å²) in [5, 5.41) is 2.70. The molecule has 146 valence electrons. The first-order valence-corrected chi connectivity index (χ1v) is 10.5. The van der Waals surface area contributed by atoms with Crippen LogP contribution >= 0.6 is 0 Å². The number of rotatable bonds is 8. The maximum atomic E-state index is 12.2. The van der Waals surface area contributed by atoms with E-state index in [2.05, 4.69) is 5.32 Å². The summed E-state index contributed by atoms with van der Waals surface area (Å²) in [6.07, 6.45) is 1.10. The molecule has 0 unspecified atom stereocenters. The van der Waals surface area contributed by atoms with Crippen LogP contribution in [0.15, 0.2) is 42.5 Å². The lowest BCUT2D eigenvalue weighted by molar-refractivity contribution is -0.119. The van der Waals surface area contributed by atoms with Crippen molar-refractivity contribution in [1.82, 2.24) is 5.32 Å². The molecule has 0 fully saturated rings. The van der Waals surface area contributed by atoms with Crippen molar-refractivity contribution in [3.8, 4) is 5.75 Å². The van der Waals surface area contributed by atoms with Crippen LogP contribution in [-0.4, -0.2) is 40.3 Å². The van der Waals surface area contributed by atoms with Crippen molar-refractivity contribution in [3.05, 3.63) is 59.2 Å². The van der Waals surface area contributed by atoms with Crippen LogP contribution in [0.5, 0.6) is 5.75 Å². The summed E-state index contributed by atoms with van der Waals surface area (Å²) >= 11 is 0. The molecule has 0 radical (unpaired) electrons. The summed E-state index contributed by atoms with van der Waals surface area (Å²) in [5.41, 5.74) is 3.48. The van der Waals surface area contributed by atoms with E-state index < -0.39 is 10.0 Å². The van der Waals surface area contributed by atoms with Gasteiger partial charge in [0.1, 0.15) is 18.9 Å². The standard InChI is InChI=1S/C20H26N2O4S/c1-15-5-8-18(9-6-15)26-12-11-21-20(23)14-22(27(4,24)25)19-10-7-16(2)13-17(19)3/h5-10,13H,11-12,14H2,1-4H3,(H,21,23). The average molecular weight is 391 g/mol. The lowest BCUT2D eigenvalue weighted by atomic mass is 10.1. The van der Waals surface area contributed by atoms with Crippen LogP contribution in [0.25, 0.3) is 0 Å². The van der Waals surface area contributed by atoms with E-state index in [9.17, 15) is 13.2 Å². The van der Waals surface area contributed by atoms with Gasteiger partial charge in [0.05, 0.1) is 18.5 Å². The average Bonchev–Trinajstić information content (AvgIpc) is 2.58. The maximum absolute atomic E-state index is 12.2. The molecular formula is C20H26N2O4S. The Labute approximate surface area is 161 Å². The van der Waals surface area contributed by atoms with Crippen molar-refractivity contribution >= 4 is 21.6 Å². The Hall–Kier alpha value is -2.54. The van der Waals surface area contributed by atoms with Crippen molar-refractivity contribution in [2.75, 3.05) is 30.3 Å². The molecule has 0 aliphatic carbocycles. The third kappa shape index (κ3) is 6.29. The molecule has 0 bridgehead atoms. The van der Waals surface area contributed by atoms with E-state index in [1.807, 2.05) is 57.2 Å². The monoisotopic (exact) mass is 390 g/mol. The molecule has 2 rings (SSSR count). The number of benzene rings is 2. The minimum Gasteiger partial charge on any atom is -0.492 e. The molecule has 0 saturated heterocycles. The van der Waals surface area contributed by atoms with Crippen LogP contribution in [-0.2, 0) is 14.8 Å². The number of carbonyl (C=O) groups excluding carboxylic acids is 1. The Morgan fingerprint density at radius 2 is 1.67 bits per heavy atom. The zero-order chi connectivity index (χ0) is 20.0. The summed E-state index contributed by atoms with van der Waals surface area (Å²) < 4.78 is 31.0. The van der Waals surface area contributed by atoms with Crippen molar-refractivity contribution < 1.29 is 17.9 Å². The van der Waals surface area contributed by atoms with Crippen LogP contribution in [0.2, 0.25) is 0 Å². The highest BCUT2D eigenvalue weighted by Crippen LogP contribution is 2.23. The fraction of sp³-hybridized carbons (Fsp3) is 0.350. The molecule has 1 N–H and O–H groups in total. The second-order valence-electron chi connectivity index (χ2n) is 6.57. The van der Waals surface area contributed by atoms with Crippen molar-refractivity contribution in [2.45, 2.75) is 20.8 Å². The van der Waals surface area contributed by atoms with Crippen LogP contribution in [0, 0.1) is 20.8 Å². The van der Waals surface area contributed by atoms with Crippen LogP contribution in [0.4, 0.5) is 5.69 Å². The molecule has 0 aliphatic rings. The van der Waals surface area contributed by atoms with E-state index in [0.29, 0.717) is 12.3 Å². The molecule has 1 amide bonds. The maximum Gasteiger partial charge on any atom is 0.240 e. The van der Waals surface area contributed by atoms with Gasteiger partial charge in [0.25, 0.3) is 0 Å². The molecule has 27 heavy (non-hydrogen) atoms. The zero-order valence-electron chi connectivity index (χ0n) is 16.2. The number of amides is 1. The Kier molecular flexibility index (Phi) is 6.85. The second-order valence-corrected chi connectivity index (χ2v) is 8.48. The molecule has 0 aromatic heterocycles. The number of aryl methyl sites for hydroxylation is 3. The molecule has 6 nitrogen and oxygen atoms in total. The fourth-order valence-corrected chi connectivity index (χ4v) is 3.56. The largest absolute Gasteiger partial charge is 0.492 e. The second kappa shape index (κ2) is 8.90. The van der Waals surface area contributed by atoms with Gasteiger partial charge in [-0.2, -0.15) is 0 Å². The van der Waals surface area contributed by atoms with E-state index in [4.69, 9.17) is 4.74 Å². The van der Waals surface area contributed by atoms with Gasteiger partial charge in [-0.1, -0.05) is 35.4 Å². The van der Waals surface area contributed by atoms with Crippen molar-refractivity contribution in [1.29, 1.82) is 0 Å². The van der Waals surface area contributed by atoms with Gasteiger partial charge in [0.15, 0.2) is 0 Å². The number of hydrogen-bond acceptors (Lipinski definition) is 4. The summed E-state index contributed by atoms with van der Waals surface area (Å²) in [4.78, 5) is 12.2. The normalized spacial score (nSPS) is 11.1. The zero-order valence-corrected chi connectivity index (χ0v) is 17.0. The molecule has 0 spiro atoms. The first kappa shape index (κ1) is 20.8. The minimum atomic E-state index is -3.58. The summed E-state index contributed by atoms with van der Waals surface area (Å²) in [5.74, 6) is 0.343. The number of nitrogens with one attached hydrogen (secondary N) is 1. The highest BCUT2D eigenvalue weighted by molar-refractivity contribution is 7.92. The van der Waals surface area contributed by atoms with Gasteiger partial charge < -0.3 is 10.1 Å². The Balaban J connectivity index is 1.93. The van der Waals surface area contributed by atoms with Crippen molar-refractivity contribution in [3.63, 3.8) is 0 Å². The van der Waals surface area contributed by atoms with Gasteiger partial charge in [-0.3, -0.25) is 9.10 Å². The molecule has 0 saturated carbocycles. The topological polar surface area (TPSA) is 75.7 Å². The van der Waals surface area contributed by atoms with E-state index in [1.165, 1.54) is 0 Å². The highest BCUT2D eigenvalue weighted by atomic mass is 32.2. The van der Waals surface area contributed by atoms with Gasteiger partial charge in [0, 0.05) is 0 Å². The smallest absolute Gasteiger partial charge is 0.240 e. The third-order valence-corrected chi connectivity index (χ3v) is 5.15. The van der Waals surface area contributed by atoms with E-state index >= 15 is 0 Å². The van der Waals surface area contributed by atoms with Crippen LogP contribution < -0.4 is 14.4 Å². The molecule has 2 aromatic carbocycles. The fourth-order valence-electron chi connectivity index (χ4n) is 2.65. The lowest BCUT2D eigenvalue weighted by Crippen LogP contribution is -2.41. The van der Waals surface area contributed by atoms with Gasteiger partial charge in [-0.25, -0.2) is 8.42 Å². The van der Waals surface area contributed by atoms with E-state index in [1.54, 1.807) is 6.07 Å². The minimum absolute atomic E-state index is 0.271. The number of hydrogen-bond donors (Lipinski definition) is 1. The van der Waals surface area contributed by atoms with Crippen molar-refractivity contribution in [2.24, 2.45) is 0 Å². The molecular weight excluding hydrogens is 364 g/mol. The summed E-state index contributed by atoms with van der Waals surface area (Å²) in [6.45, 7) is 6.07. The number of nitrogens with zero attached hydrogens (tertiary/aromatic N) is 1. The lowest BCUT2D eigenvalue weighted by Gasteiger charge is -2.24. The van der Waals surface area contributed by atoms with E-state index in [-0.39, 0.29) is 19.0 Å². The predicted octanol–water partition coefficient (Wildman–Crippen LogP) is 2.57. The molecule has 0 heterocycles. The number of sulfonamides is 1.